The number of likely N-dealkylation sites (N-methyl/N-ethyl adjacent to an activating group) is 1. The highest BCUT2D eigenvalue weighted by Crippen LogP contribution is 2.32. The number of pyridine rings is 1. The van der Waals surface area contributed by atoms with E-state index in [4.69, 9.17) is 4.99 Å². The van der Waals surface area contributed by atoms with E-state index in [1.54, 1.807) is 12.1 Å². The fourth-order valence-corrected chi connectivity index (χ4v) is 5.30. The average Bonchev–Trinajstić information content (AvgIpc) is 2.90. The predicted octanol–water partition coefficient (Wildman–Crippen LogP) is 5.14. The highest BCUT2D eigenvalue weighted by molar-refractivity contribution is 5.95. The molecule has 0 radical (unpaired) electrons. The van der Waals surface area contributed by atoms with E-state index in [-0.39, 0.29) is 11.6 Å². The van der Waals surface area contributed by atoms with Crippen LogP contribution in [-0.4, -0.2) is 48.5 Å². The first-order chi connectivity index (χ1) is 17.5. The summed E-state index contributed by atoms with van der Waals surface area (Å²) in [5, 5.41) is 3.42. The molecular formula is C30H35N5O. The van der Waals surface area contributed by atoms with Gasteiger partial charge in [-0.3, -0.25) is 9.36 Å². The van der Waals surface area contributed by atoms with Gasteiger partial charge in [-0.05, 0) is 74.7 Å². The Morgan fingerprint density at radius 3 is 2.44 bits per heavy atom. The Morgan fingerprint density at radius 2 is 1.72 bits per heavy atom. The Labute approximate surface area is 213 Å². The van der Waals surface area contributed by atoms with Gasteiger partial charge in [0.25, 0.3) is 5.56 Å². The van der Waals surface area contributed by atoms with Gasteiger partial charge in [0.05, 0.1) is 0 Å². The molecular weight excluding hydrogens is 446 g/mol. The predicted molar refractivity (Wildman–Crippen MR) is 151 cm³/mol. The molecule has 1 saturated heterocycles. The van der Waals surface area contributed by atoms with Gasteiger partial charge >= 0.3 is 0 Å². The van der Waals surface area contributed by atoms with Crippen LogP contribution < -0.4 is 15.8 Å². The van der Waals surface area contributed by atoms with Crippen molar-refractivity contribution in [3.8, 4) is 0 Å². The molecule has 2 aliphatic rings. The minimum Gasteiger partial charge on any atom is -0.369 e. The van der Waals surface area contributed by atoms with Crippen molar-refractivity contribution in [2.45, 2.75) is 32.2 Å². The molecule has 1 N–H and O–H groups in total. The van der Waals surface area contributed by atoms with E-state index in [0.717, 1.165) is 62.5 Å². The normalized spacial score (nSPS) is 18.6. The molecule has 1 fully saturated rings. The molecule has 3 aromatic rings. The van der Waals surface area contributed by atoms with Crippen molar-refractivity contribution in [3.63, 3.8) is 0 Å². The van der Waals surface area contributed by atoms with Gasteiger partial charge in [0.1, 0.15) is 11.7 Å². The zero-order chi connectivity index (χ0) is 25.1. The SMILES string of the molecule is C=Cc1ccc(=O)n(C2CCc3ccccc3C2)c1N=C(C)Nc1ccc(N2CCN(C)CC2)cc1. The molecule has 186 valence electrons. The molecule has 1 atom stereocenters. The lowest BCUT2D eigenvalue weighted by Crippen LogP contribution is -2.44. The van der Waals surface area contributed by atoms with Crippen LogP contribution in [0.5, 0.6) is 0 Å². The topological polar surface area (TPSA) is 52.9 Å². The number of benzene rings is 2. The molecule has 5 rings (SSSR count). The number of aryl methyl sites for hydroxylation is 1. The van der Waals surface area contributed by atoms with Crippen LogP contribution in [-0.2, 0) is 12.8 Å². The summed E-state index contributed by atoms with van der Waals surface area (Å²) in [4.78, 5) is 22.8. The number of nitrogens with one attached hydrogen (secondary N) is 1. The largest absolute Gasteiger partial charge is 0.369 e. The van der Waals surface area contributed by atoms with Crippen LogP contribution in [0.3, 0.4) is 0 Å². The van der Waals surface area contributed by atoms with E-state index in [0.29, 0.717) is 5.82 Å². The number of hydrogen-bond acceptors (Lipinski definition) is 4. The highest BCUT2D eigenvalue weighted by Gasteiger charge is 2.23. The van der Waals surface area contributed by atoms with Crippen LogP contribution in [0.1, 0.15) is 36.1 Å². The fraction of sp³-hybridized carbons (Fsp3) is 0.333. The van der Waals surface area contributed by atoms with Gasteiger partial charge in [0, 0.05) is 55.2 Å². The Balaban J connectivity index is 1.39. The molecule has 1 aliphatic heterocycles. The molecule has 1 unspecified atom stereocenters. The zero-order valence-corrected chi connectivity index (χ0v) is 21.3. The lowest BCUT2D eigenvalue weighted by molar-refractivity contribution is 0.313. The molecule has 0 amide bonds. The van der Waals surface area contributed by atoms with E-state index in [1.165, 1.54) is 16.8 Å². The van der Waals surface area contributed by atoms with E-state index < -0.39 is 0 Å². The van der Waals surface area contributed by atoms with Gasteiger partial charge in [-0.15, -0.1) is 0 Å². The molecule has 0 bridgehead atoms. The molecule has 0 spiro atoms. The van der Waals surface area contributed by atoms with Crippen LogP contribution in [0.2, 0.25) is 0 Å². The van der Waals surface area contributed by atoms with Gasteiger partial charge in [-0.2, -0.15) is 0 Å². The lowest BCUT2D eigenvalue weighted by atomic mass is 9.88. The second-order valence-electron chi connectivity index (χ2n) is 9.85. The van der Waals surface area contributed by atoms with Crippen molar-refractivity contribution < 1.29 is 0 Å². The summed E-state index contributed by atoms with van der Waals surface area (Å²) >= 11 is 0. The first-order valence-electron chi connectivity index (χ1n) is 12.8. The average molecular weight is 482 g/mol. The van der Waals surface area contributed by atoms with Crippen LogP contribution in [0.4, 0.5) is 17.2 Å². The molecule has 36 heavy (non-hydrogen) atoms. The lowest BCUT2D eigenvalue weighted by Gasteiger charge is -2.34. The monoisotopic (exact) mass is 481 g/mol. The van der Waals surface area contributed by atoms with E-state index in [2.05, 4.69) is 77.3 Å². The third-order valence-corrected chi connectivity index (χ3v) is 7.37. The van der Waals surface area contributed by atoms with Crippen LogP contribution in [0, 0.1) is 0 Å². The zero-order valence-electron chi connectivity index (χ0n) is 21.3. The number of hydrogen-bond donors (Lipinski definition) is 1. The smallest absolute Gasteiger partial charge is 0.252 e. The summed E-state index contributed by atoms with van der Waals surface area (Å²) in [7, 11) is 2.17. The van der Waals surface area contributed by atoms with E-state index in [1.807, 2.05) is 17.6 Å². The van der Waals surface area contributed by atoms with Crippen molar-refractivity contribution in [2.24, 2.45) is 4.99 Å². The maximum absolute atomic E-state index is 13.1. The molecule has 2 aromatic carbocycles. The maximum atomic E-state index is 13.1. The van der Waals surface area contributed by atoms with Gasteiger partial charge in [0.15, 0.2) is 0 Å². The Kier molecular flexibility index (Phi) is 7.05. The molecule has 2 heterocycles. The third-order valence-electron chi connectivity index (χ3n) is 7.37. The standard InChI is InChI=1S/C30H35N5O/c1-4-23-10-16-29(36)35(28-13-9-24-7-5-6-8-25(24)21-28)30(23)32-22(2)31-26-11-14-27(15-12-26)34-19-17-33(3)18-20-34/h4-8,10-12,14-16,28H,1,9,13,17-21H2,2-3H3,(H,31,32). The summed E-state index contributed by atoms with van der Waals surface area (Å²) in [5.74, 6) is 1.40. The highest BCUT2D eigenvalue weighted by atomic mass is 16.1. The fourth-order valence-electron chi connectivity index (χ4n) is 5.30. The van der Waals surface area contributed by atoms with Gasteiger partial charge in [-0.25, -0.2) is 4.99 Å². The number of nitrogens with zero attached hydrogens (tertiary/aromatic N) is 4. The van der Waals surface area contributed by atoms with Crippen molar-refractivity contribution >= 4 is 29.1 Å². The molecule has 6 nitrogen and oxygen atoms in total. The molecule has 0 saturated carbocycles. The Hall–Kier alpha value is -3.64. The minimum atomic E-state index is -0.0203. The van der Waals surface area contributed by atoms with Crippen molar-refractivity contribution in [3.05, 3.63) is 94.3 Å². The molecule has 6 heteroatoms. The van der Waals surface area contributed by atoms with Crippen molar-refractivity contribution in [1.82, 2.24) is 9.47 Å². The number of fused-ring (bicyclic) bond motifs is 1. The number of aromatic nitrogens is 1. The Bertz CT molecular complexity index is 1320. The number of amidine groups is 1. The second-order valence-corrected chi connectivity index (χ2v) is 9.85. The third kappa shape index (κ3) is 5.14. The quantitative estimate of drug-likeness (QED) is 0.405. The summed E-state index contributed by atoms with van der Waals surface area (Å²) in [6.45, 7) is 10.2. The van der Waals surface area contributed by atoms with Gasteiger partial charge < -0.3 is 15.1 Å². The van der Waals surface area contributed by atoms with Crippen LogP contribution in [0.15, 0.2) is 77.0 Å². The van der Waals surface area contributed by atoms with Crippen LogP contribution in [0.25, 0.3) is 6.08 Å². The number of anilines is 2. The summed E-state index contributed by atoms with van der Waals surface area (Å²) in [5.41, 5.74) is 5.75. The number of aliphatic imine (C=N–C) groups is 1. The van der Waals surface area contributed by atoms with E-state index >= 15 is 0 Å². The first kappa shape index (κ1) is 24.1. The van der Waals surface area contributed by atoms with Crippen molar-refractivity contribution in [1.29, 1.82) is 0 Å². The summed E-state index contributed by atoms with van der Waals surface area (Å²) in [6.07, 6.45) is 4.50. The first-order valence-corrected chi connectivity index (χ1v) is 12.8. The summed E-state index contributed by atoms with van der Waals surface area (Å²) in [6, 6.07) is 20.6. The van der Waals surface area contributed by atoms with E-state index in [9.17, 15) is 4.79 Å². The van der Waals surface area contributed by atoms with Gasteiger partial charge in [-0.1, -0.05) is 36.9 Å². The summed E-state index contributed by atoms with van der Waals surface area (Å²) < 4.78 is 1.87. The van der Waals surface area contributed by atoms with Crippen LogP contribution >= 0.6 is 0 Å². The number of piperazine rings is 1. The minimum absolute atomic E-state index is 0.0203. The second kappa shape index (κ2) is 10.5. The van der Waals surface area contributed by atoms with Gasteiger partial charge in [0.2, 0.25) is 0 Å². The molecule has 1 aromatic heterocycles. The number of rotatable bonds is 5. The Morgan fingerprint density at radius 1 is 1.00 bits per heavy atom. The molecule has 1 aliphatic carbocycles. The maximum Gasteiger partial charge on any atom is 0.252 e. The van der Waals surface area contributed by atoms with Crippen molar-refractivity contribution in [2.75, 3.05) is 43.4 Å².